The molecule has 0 amide bonds. The van der Waals surface area contributed by atoms with Crippen molar-refractivity contribution in [3.63, 3.8) is 0 Å². The number of halogens is 4. The van der Waals surface area contributed by atoms with Gasteiger partial charge in [-0.25, -0.2) is 23.1 Å². The minimum Gasteiger partial charge on any atom is -0.380 e. The fourth-order valence-corrected chi connectivity index (χ4v) is 6.71. The first-order valence-corrected chi connectivity index (χ1v) is 14.1. The first kappa shape index (κ1) is 25.6. The Hall–Kier alpha value is -3.00. The number of aromatic nitrogens is 3. The van der Waals surface area contributed by atoms with Gasteiger partial charge in [0.1, 0.15) is 23.8 Å². The number of ether oxygens (including phenoxy) is 1. The number of rotatable bonds is 5. The van der Waals surface area contributed by atoms with Gasteiger partial charge in [-0.15, -0.1) is 0 Å². The van der Waals surface area contributed by atoms with E-state index in [4.69, 9.17) is 16.3 Å². The van der Waals surface area contributed by atoms with Gasteiger partial charge in [0.05, 0.1) is 41.2 Å². The second-order valence-electron chi connectivity index (χ2n) is 8.94. The molecule has 1 aliphatic heterocycles. The molecular weight excluding hydrogens is 524 g/mol. The molecule has 1 N–H and O–H groups in total. The van der Waals surface area contributed by atoms with Crippen molar-refractivity contribution in [2.24, 2.45) is 0 Å². The Labute approximate surface area is 216 Å². The second kappa shape index (κ2) is 10.0. The molecule has 0 saturated carbocycles. The fraction of sp³-hybridized carbons (Fsp3) is 0.269. The topological polar surface area (TPSA) is 77.0 Å². The van der Waals surface area contributed by atoms with Gasteiger partial charge in [-0.1, -0.05) is 23.7 Å². The lowest BCUT2D eigenvalue weighted by atomic mass is 10.1. The molecule has 11 heteroatoms. The van der Waals surface area contributed by atoms with Crippen molar-refractivity contribution in [1.29, 1.82) is 0 Å². The molecule has 1 aliphatic rings. The van der Waals surface area contributed by atoms with E-state index in [0.29, 0.717) is 47.9 Å². The average Bonchev–Trinajstić information content (AvgIpc) is 2.88. The highest BCUT2D eigenvalue weighted by Gasteiger charge is 2.29. The molecule has 0 unspecified atom stereocenters. The predicted molar refractivity (Wildman–Crippen MR) is 139 cm³/mol. The number of fused-ring (bicyclic) bond motifs is 1. The molecule has 1 fully saturated rings. The number of hydrogen-bond donors (Lipinski definition) is 1. The number of nitrogens with zero attached hydrogens (tertiary/aromatic N) is 3. The van der Waals surface area contributed by atoms with Crippen LogP contribution < -0.4 is 10.8 Å². The number of nitrogens with one attached hydrogen (secondary N) is 1. The zero-order chi connectivity index (χ0) is 26.3. The Morgan fingerprint density at radius 3 is 2.54 bits per heavy atom. The van der Waals surface area contributed by atoms with Gasteiger partial charge in [-0.3, -0.25) is 4.98 Å². The van der Waals surface area contributed by atoms with Crippen molar-refractivity contribution in [2.45, 2.75) is 19.9 Å². The van der Waals surface area contributed by atoms with Crippen molar-refractivity contribution in [3.8, 4) is 11.3 Å². The van der Waals surface area contributed by atoms with E-state index in [1.165, 1.54) is 24.4 Å². The zero-order valence-electron chi connectivity index (χ0n) is 20.1. The lowest BCUT2D eigenvalue weighted by Crippen LogP contribution is -2.23. The van der Waals surface area contributed by atoms with Crippen LogP contribution in [0, 0.1) is 24.4 Å². The molecule has 1 atom stereocenters. The van der Waals surface area contributed by atoms with Crippen molar-refractivity contribution in [2.75, 3.05) is 30.9 Å². The minimum atomic E-state index is -2.65. The molecule has 1 aromatic carbocycles. The van der Waals surface area contributed by atoms with Crippen molar-refractivity contribution in [3.05, 3.63) is 76.3 Å². The summed E-state index contributed by atoms with van der Waals surface area (Å²) in [4.78, 5) is 13.2. The molecule has 4 heterocycles. The summed E-state index contributed by atoms with van der Waals surface area (Å²) in [5.74, 6) is -2.55. The van der Waals surface area contributed by atoms with Crippen LogP contribution in [0.4, 0.5) is 18.9 Å². The molecule has 0 aliphatic carbocycles. The van der Waals surface area contributed by atoms with E-state index in [1.807, 2.05) is 0 Å². The maximum absolute atomic E-state index is 15.2. The van der Waals surface area contributed by atoms with Crippen LogP contribution in [0.2, 0.25) is 5.02 Å². The largest absolute Gasteiger partial charge is 0.380 e. The molecule has 1 saturated heterocycles. The Morgan fingerprint density at radius 2 is 1.84 bits per heavy atom. The third-order valence-corrected chi connectivity index (χ3v) is 9.83. The van der Waals surface area contributed by atoms with Crippen molar-refractivity contribution < 1.29 is 22.5 Å². The lowest BCUT2D eigenvalue weighted by molar-refractivity contribution is 0.156. The van der Waals surface area contributed by atoms with Crippen LogP contribution in [-0.4, -0.2) is 40.5 Å². The number of pyridine rings is 3. The highest BCUT2D eigenvalue weighted by Crippen LogP contribution is 2.45. The molecule has 37 heavy (non-hydrogen) atoms. The molecule has 5 rings (SSSR count). The number of aryl methyl sites for hydroxylation is 1. The molecule has 4 aromatic rings. The summed E-state index contributed by atoms with van der Waals surface area (Å²) in [7, 11) is -2.65. The van der Waals surface area contributed by atoms with E-state index in [2.05, 4.69) is 20.3 Å². The first-order chi connectivity index (χ1) is 17.7. The summed E-state index contributed by atoms with van der Waals surface area (Å²) in [5.41, 5.74) is 2.22. The summed E-state index contributed by atoms with van der Waals surface area (Å²) in [6.45, 7) is 4.15. The van der Waals surface area contributed by atoms with Crippen LogP contribution in [-0.2, 0) is 9.30 Å². The summed E-state index contributed by atoms with van der Waals surface area (Å²) in [6.07, 6.45) is 2.29. The predicted octanol–water partition coefficient (Wildman–Crippen LogP) is 6.26. The molecule has 0 radical (unpaired) electrons. The highest BCUT2D eigenvalue weighted by molar-refractivity contribution is 7.71. The maximum atomic E-state index is 15.2. The Balaban J connectivity index is 1.56. The van der Waals surface area contributed by atoms with E-state index >= 15 is 4.39 Å². The summed E-state index contributed by atoms with van der Waals surface area (Å²) >= 11 is 6.55. The smallest absolute Gasteiger partial charge is 0.164 e. The molecule has 6 nitrogen and oxygen atoms in total. The Kier molecular flexibility index (Phi) is 6.96. The van der Waals surface area contributed by atoms with Gasteiger partial charge in [-0.2, -0.15) is 0 Å². The summed E-state index contributed by atoms with van der Waals surface area (Å²) < 4.78 is 61.9. The normalized spacial score (nSPS) is 16.1. The average molecular weight is 547 g/mol. The van der Waals surface area contributed by atoms with Crippen LogP contribution in [0.15, 0.2) is 42.6 Å². The summed E-state index contributed by atoms with van der Waals surface area (Å²) in [6, 6.07) is 7.76. The monoisotopic (exact) mass is 546 g/mol. The number of anilines is 1. The second-order valence-corrected chi connectivity index (χ2v) is 12.4. The number of hydrogen-bond acceptors (Lipinski definition) is 6. The van der Waals surface area contributed by atoms with E-state index in [9.17, 15) is 13.3 Å². The molecule has 0 bridgehead atoms. The first-order valence-electron chi connectivity index (χ1n) is 11.7. The van der Waals surface area contributed by atoms with Gasteiger partial charge in [0.2, 0.25) is 0 Å². The van der Waals surface area contributed by atoms with Crippen molar-refractivity contribution in [1.82, 2.24) is 15.0 Å². The zero-order valence-corrected chi connectivity index (χ0v) is 21.7. The Bertz CT molecular complexity index is 1540. The minimum absolute atomic E-state index is 0.00571. The van der Waals surface area contributed by atoms with E-state index in [1.54, 1.807) is 26.0 Å². The molecule has 0 spiro atoms. The maximum Gasteiger partial charge on any atom is 0.164 e. The van der Waals surface area contributed by atoms with Gasteiger partial charge in [-0.05, 0) is 32.0 Å². The third kappa shape index (κ3) is 4.83. The van der Waals surface area contributed by atoms with Crippen LogP contribution in [0.1, 0.15) is 24.2 Å². The standard InChI is InChI=1S/C26H23ClF3N4O2P/c1-14(17-4-3-5-18(28)23(17)30)33-26-22(27)15(2)32-20-12-19(29)24(34-25(20)26)16-6-7-21(31-13-16)37(35)10-8-36-9-11-37/h3-7,12-14H,8-11H2,1-2H3,(H,32,33)/t14-/m1/s1. The third-order valence-electron chi connectivity index (χ3n) is 6.46. The lowest BCUT2D eigenvalue weighted by Gasteiger charge is -2.22. The highest BCUT2D eigenvalue weighted by atomic mass is 35.5. The van der Waals surface area contributed by atoms with Gasteiger partial charge in [0.25, 0.3) is 0 Å². The van der Waals surface area contributed by atoms with Gasteiger partial charge in [0.15, 0.2) is 17.5 Å². The number of benzene rings is 1. The quantitative estimate of drug-likeness (QED) is 0.298. The van der Waals surface area contributed by atoms with Crippen LogP contribution in [0.25, 0.3) is 22.3 Å². The fourth-order valence-electron chi connectivity index (χ4n) is 4.38. The van der Waals surface area contributed by atoms with E-state index < -0.39 is 30.6 Å². The molecule has 3 aromatic heterocycles. The van der Waals surface area contributed by atoms with Crippen LogP contribution >= 0.6 is 18.7 Å². The molecular formula is C26H23ClF3N4O2P. The Morgan fingerprint density at radius 1 is 1.08 bits per heavy atom. The van der Waals surface area contributed by atoms with Crippen LogP contribution in [0.3, 0.4) is 0 Å². The summed E-state index contributed by atoms with van der Waals surface area (Å²) in [5, 5.41) is 3.33. The van der Waals surface area contributed by atoms with Crippen LogP contribution in [0.5, 0.6) is 0 Å². The van der Waals surface area contributed by atoms with Gasteiger partial charge in [0, 0.05) is 35.7 Å². The SMILES string of the molecule is Cc1nc2cc(F)c(-c3ccc(P4(=O)CCOCC4)nc3)nc2c(N[C@H](C)c2cccc(F)c2F)c1Cl. The van der Waals surface area contributed by atoms with E-state index in [-0.39, 0.29) is 27.3 Å². The van der Waals surface area contributed by atoms with Gasteiger partial charge >= 0.3 is 0 Å². The van der Waals surface area contributed by atoms with E-state index in [0.717, 1.165) is 6.07 Å². The van der Waals surface area contributed by atoms with Crippen molar-refractivity contribution >= 4 is 40.9 Å². The van der Waals surface area contributed by atoms with Gasteiger partial charge < -0.3 is 14.6 Å². The molecule has 192 valence electrons.